The molecule has 0 amide bonds. The van der Waals surface area contributed by atoms with Crippen molar-refractivity contribution in [3.05, 3.63) is 29.3 Å². The van der Waals surface area contributed by atoms with E-state index >= 15 is 0 Å². The summed E-state index contributed by atoms with van der Waals surface area (Å²) in [6, 6.07) is 6.37. The maximum Gasteiger partial charge on any atom is 0.126 e. The molecule has 1 N–H and O–H groups in total. The van der Waals surface area contributed by atoms with E-state index in [-0.39, 0.29) is 0 Å². The van der Waals surface area contributed by atoms with Crippen LogP contribution < -0.4 is 10.1 Å². The van der Waals surface area contributed by atoms with Crippen LogP contribution >= 0.6 is 0 Å². The molecule has 1 heterocycles. The molecule has 1 aromatic rings. The first-order valence-corrected chi connectivity index (χ1v) is 5.27. The quantitative estimate of drug-likeness (QED) is 0.788. The molecule has 0 bridgehead atoms. The zero-order chi connectivity index (χ0) is 9.97. The molecule has 2 nitrogen and oxygen atoms in total. The summed E-state index contributed by atoms with van der Waals surface area (Å²) < 4.78 is 5.88. The van der Waals surface area contributed by atoms with E-state index in [2.05, 4.69) is 37.4 Å². The third-order valence-electron chi connectivity index (χ3n) is 2.65. The zero-order valence-corrected chi connectivity index (χ0v) is 8.84. The van der Waals surface area contributed by atoms with Gasteiger partial charge in [0.2, 0.25) is 0 Å². The van der Waals surface area contributed by atoms with Gasteiger partial charge in [0.05, 0.1) is 0 Å². The third-order valence-corrected chi connectivity index (χ3v) is 2.65. The number of hydrogen-bond donors (Lipinski definition) is 1. The maximum atomic E-state index is 5.88. The number of fused-ring (bicyclic) bond motifs is 1. The first-order chi connectivity index (χ1) is 6.81. The highest BCUT2D eigenvalue weighted by Gasteiger charge is 2.23. The number of hydrogen-bond acceptors (Lipinski definition) is 2. The van der Waals surface area contributed by atoms with Gasteiger partial charge in [-0.25, -0.2) is 0 Å². The molecule has 1 aliphatic heterocycles. The van der Waals surface area contributed by atoms with Crippen molar-refractivity contribution in [2.45, 2.75) is 26.4 Å². The van der Waals surface area contributed by atoms with Crippen LogP contribution in [0.4, 0.5) is 0 Å². The van der Waals surface area contributed by atoms with Crippen LogP contribution in [-0.4, -0.2) is 19.2 Å². The van der Waals surface area contributed by atoms with Crippen LogP contribution in [0, 0.1) is 6.92 Å². The Labute approximate surface area is 85.3 Å². The highest BCUT2D eigenvalue weighted by molar-refractivity contribution is 5.43. The molecule has 2 rings (SSSR count). The molecule has 0 spiro atoms. The molecule has 1 unspecified atom stereocenters. The lowest BCUT2D eigenvalue weighted by atomic mass is 10.1. The van der Waals surface area contributed by atoms with Crippen molar-refractivity contribution in [3.8, 4) is 5.75 Å². The summed E-state index contributed by atoms with van der Waals surface area (Å²) in [6.45, 7) is 6.18. The van der Waals surface area contributed by atoms with E-state index in [0.717, 1.165) is 25.3 Å². The normalized spacial score (nSPS) is 19.1. The Morgan fingerprint density at radius 1 is 1.50 bits per heavy atom. The molecule has 0 saturated carbocycles. The predicted octanol–water partition coefficient (Wildman–Crippen LogP) is 1.91. The minimum atomic E-state index is 0.325. The van der Waals surface area contributed by atoms with Gasteiger partial charge in [0, 0.05) is 13.0 Å². The van der Waals surface area contributed by atoms with E-state index in [1.807, 2.05) is 0 Å². The second-order valence-corrected chi connectivity index (χ2v) is 3.81. The summed E-state index contributed by atoms with van der Waals surface area (Å²) in [4.78, 5) is 0. The summed E-state index contributed by atoms with van der Waals surface area (Å²) in [6.07, 6.45) is 1.37. The monoisotopic (exact) mass is 191 g/mol. The van der Waals surface area contributed by atoms with Gasteiger partial charge in [-0.2, -0.15) is 0 Å². The molecular formula is C12H17NO. The number of para-hydroxylation sites is 1. The fourth-order valence-corrected chi connectivity index (χ4v) is 1.92. The van der Waals surface area contributed by atoms with Crippen LogP contribution in [-0.2, 0) is 6.42 Å². The lowest BCUT2D eigenvalue weighted by Crippen LogP contribution is -2.29. The fraction of sp³-hybridized carbons (Fsp3) is 0.500. The van der Waals surface area contributed by atoms with Crippen molar-refractivity contribution in [1.29, 1.82) is 0 Å². The van der Waals surface area contributed by atoms with Crippen LogP contribution in [0.15, 0.2) is 18.2 Å². The minimum absolute atomic E-state index is 0.325. The van der Waals surface area contributed by atoms with Gasteiger partial charge in [-0.05, 0) is 24.6 Å². The summed E-state index contributed by atoms with van der Waals surface area (Å²) in [5.41, 5.74) is 2.61. The van der Waals surface area contributed by atoms with E-state index in [1.54, 1.807) is 0 Å². The molecule has 0 aliphatic carbocycles. The average Bonchev–Trinajstić information content (AvgIpc) is 2.59. The Kier molecular flexibility index (Phi) is 2.73. The van der Waals surface area contributed by atoms with E-state index < -0.39 is 0 Å². The van der Waals surface area contributed by atoms with Gasteiger partial charge in [-0.1, -0.05) is 25.1 Å². The molecule has 1 atom stereocenters. The molecule has 2 heteroatoms. The molecule has 0 aromatic heterocycles. The largest absolute Gasteiger partial charge is 0.488 e. The SMILES string of the molecule is CCNCC1Cc2cccc(C)c2O1. The van der Waals surface area contributed by atoms with Gasteiger partial charge >= 0.3 is 0 Å². The highest BCUT2D eigenvalue weighted by atomic mass is 16.5. The van der Waals surface area contributed by atoms with Crippen LogP contribution in [0.2, 0.25) is 0 Å². The van der Waals surface area contributed by atoms with Crippen molar-refractivity contribution < 1.29 is 4.74 Å². The number of likely N-dealkylation sites (N-methyl/N-ethyl adjacent to an activating group) is 1. The van der Waals surface area contributed by atoms with Crippen molar-refractivity contribution in [3.63, 3.8) is 0 Å². The van der Waals surface area contributed by atoms with Crippen LogP contribution in [0.3, 0.4) is 0 Å². The first-order valence-electron chi connectivity index (χ1n) is 5.27. The molecule has 1 aliphatic rings. The Balaban J connectivity index is 2.06. The maximum absolute atomic E-state index is 5.88. The van der Waals surface area contributed by atoms with E-state index in [0.29, 0.717) is 6.10 Å². The average molecular weight is 191 g/mol. The first kappa shape index (κ1) is 9.53. The van der Waals surface area contributed by atoms with Crippen molar-refractivity contribution in [2.24, 2.45) is 0 Å². The number of rotatable bonds is 3. The predicted molar refractivity (Wildman–Crippen MR) is 57.8 cm³/mol. The topological polar surface area (TPSA) is 21.3 Å². The van der Waals surface area contributed by atoms with Gasteiger partial charge in [0.15, 0.2) is 0 Å². The van der Waals surface area contributed by atoms with Crippen LogP contribution in [0.25, 0.3) is 0 Å². The molecule has 14 heavy (non-hydrogen) atoms. The van der Waals surface area contributed by atoms with Crippen molar-refractivity contribution in [2.75, 3.05) is 13.1 Å². The minimum Gasteiger partial charge on any atom is -0.488 e. The Hall–Kier alpha value is -1.02. The van der Waals surface area contributed by atoms with Gasteiger partial charge in [0.25, 0.3) is 0 Å². The second kappa shape index (κ2) is 4.01. The number of nitrogens with one attached hydrogen (secondary N) is 1. The zero-order valence-electron chi connectivity index (χ0n) is 8.84. The molecule has 0 saturated heterocycles. The van der Waals surface area contributed by atoms with E-state index in [9.17, 15) is 0 Å². The van der Waals surface area contributed by atoms with Crippen LogP contribution in [0.1, 0.15) is 18.1 Å². The standard InChI is InChI=1S/C12H17NO/c1-3-13-8-11-7-10-6-4-5-9(2)12(10)14-11/h4-6,11,13H,3,7-8H2,1-2H3. The number of benzene rings is 1. The van der Waals surface area contributed by atoms with Gasteiger partial charge in [-0.3, -0.25) is 0 Å². The summed E-state index contributed by atoms with van der Waals surface area (Å²) in [7, 11) is 0. The Morgan fingerprint density at radius 3 is 3.07 bits per heavy atom. The summed E-state index contributed by atoms with van der Waals surface area (Å²) in [5, 5.41) is 3.32. The van der Waals surface area contributed by atoms with Gasteiger partial charge < -0.3 is 10.1 Å². The van der Waals surface area contributed by atoms with E-state index in [1.165, 1.54) is 11.1 Å². The van der Waals surface area contributed by atoms with Gasteiger partial charge in [-0.15, -0.1) is 0 Å². The number of ether oxygens (including phenoxy) is 1. The van der Waals surface area contributed by atoms with Crippen molar-refractivity contribution in [1.82, 2.24) is 5.32 Å². The van der Waals surface area contributed by atoms with Crippen molar-refractivity contribution >= 4 is 0 Å². The smallest absolute Gasteiger partial charge is 0.126 e. The second-order valence-electron chi connectivity index (χ2n) is 3.81. The summed E-state index contributed by atoms with van der Waals surface area (Å²) in [5.74, 6) is 1.11. The summed E-state index contributed by atoms with van der Waals surface area (Å²) >= 11 is 0. The lowest BCUT2D eigenvalue weighted by Gasteiger charge is -2.11. The molecule has 1 aromatic carbocycles. The molecule has 0 fully saturated rings. The van der Waals surface area contributed by atoms with E-state index in [4.69, 9.17) is 4.74 Å². The van der Waals surface area contributed by atoms with Gasteiger partial charge in [0.1, 0.15) is 11.9 Å². The molecule has 76 valence electrons. The molecule has 0 radical (unpaired) electrons. The fourth-order valence-electron chi connectivity index (χ4n) is 1.92. The van der Waals surface area contributed by atoms with Crippen LogP contribution in [0.5, 0.6) is 5.75 Å². The number of aryl methyl sites for hydroxylation is 1. The third kappa shape index (κ3) is 1.75. The highest BCUT2D eigenvalue weighted by Crippen LogP contribution is 2.31. The lowest BCUT2D eigenvalue weighted by molar-refractivity contribution is 0.227. The Morgan fingerprint density at radius 2 is 2.36 bits per heavy atom. The Bertz CT molecular complexity index is 322. The molecular weight excluding hydrogens is 174 g/mol.